The van der Waals surface area contributed by atoms with Crippen molar-refractivity contribution in [2.45, 2.75) is 11.8 Å². The van der Waals surface area contributed by atoms with E-state index in [0.29, 0.717) is 17.6 Å². The number of hydrogen-bond acceptors (Lipinski definition) is 5. The van der Waals surface area contributed by atoms with Crippen molar-refractivity contribution in [2.24, 2.45) is 0 Å². The smallest absolute Gasteiger partial charge is 0.124 e. The Labute approximate surface area is 120 Å². The molecule has 0 aliphatic carbocycles. The Kier molecular flexibility index (Phi) is 7.92. The van der Waals surface area contributed by atoms with Gasteiger partial charge in [0.25, 0.3) is 0 Å². The number of aliphatic hydroxyl groups excluding tert-OH is 2. The van der Waals surface area contributed by atoms with Crippen molar-refractivity contribution in [3.63, 3.8) is 0 Å². The van der Waals surface area contributed by atoms with E-state index < -0.39 is 10.1 Å². The molecular weight excluding hydrogens is 282 g/mol. The van der Waals surface area contributed by atoms with Crippen molar-refractivity contribution in [1.82, 2.24) is 0 Å². The van der Waals surface area contributed by atoms with Gasteiger partial charge < -0.3 is 19.2 Å². The highest BCUT2D eigenvalue weighted by atomic mass is 32.2. The lowest BCUT2D eigenvalue weighted by Crippen LogP contribution is -2.43. The molecule has 0 unspecified atom stereocenters. The van der Waals surface area contributed by atoms with Crippen LogP contribution in [-0.2, 0) is 10.1 Å². The second-order valence-electron chi connectivity index (χ2n) is 5.10. The average molecular weight is 305 g/mol. The SMILES string of the molecule is C[N+](C)(CCO)CCO.Cc1ccc(S(=O)(=O)[O-])cc1. The maximum Gasteiger partial charge on any atom is 0.124 e. The maximum absolute atomic E-state index is 10.4. The van der Waals surface area contributed by atoms with Gasteiger partial charge in [-0.25, -0.2) is 8.42 Å². The number of aryl methyl sites for hydroxylation is 1. The zero-order valence-electron chi connectivity index (χ0n) is 12.1. The Morgan fingerprint density at radius 1 is 1.05 bits per heavy atom. The highest BCUT2D eigenvalue weighted by Gasteiger charge is 2.11. The van der Waals surface area contributed by atoms with Crippen LogP contribution in [0.4, 0.5) is 0 Å². The van der Waals surface area contributed by atoms with E-state index >= 15 is 0 Å². The monoisotopic (exact) mass is 305 g/mol. The zero-order chi connectivity index (χ0) is 15.8. The van der Waals surface area contributed by atoms with E-state index in [0.717, 1.165) is 5.56 Å². The van der Waals surface area contributed by atoms with Gasteiger partial charge in [-0.1, -0.05) is 17.7 Å². The van der Waals surface area contributed by atoms with Gasteiger partial charge in [-0.2, -0.15) is 0 Å². The van der Waals surface area contributed by atoms with Gasteiger partial charge in [-0.05, 0) is 19.1 Å². The summed E-state index contributed by atoms with van der Waals surface area (Å²) >= 11 is 0. The predicted octanol–water partition coefficient (Wildman–Crippen LogP) is -0.0535. The number of quaternary nitrogens is 1. The Hall–Kier alpha value is -0.990. The van der Waals surface area contributed by atoms with E-state index in [1.165, 1.54) is 12.1 Å². The number of rotatable bonds is 5. The van der Waals surface area contributed by atoms with Gasteiger partial charge in [0.15, 0.2) is 0 Å². The Morgan fingerprint density at radius 2 is 1.45 bits per heavy atom. The van der Waals surface area contributed by atoms with Crippen LogP contribution in [0.3, 0.4) is 0 Å². The molecule has 116 valence electrons. The van der Waals surface area contributed by atoms with E-state index in [2.05, 4.69) is 0 Å². The van der Waals surface area contributed by atoms with Crippen LogP contribution in [0, 0.1) is 6.92 Å². The quantitative estimate of drug-likeness (QED) is 0.587. The lowest BCUT2D eigenvalue weighted by Gasteiger charge is -2.27. The van der Waals surface area contributed by atoms with Gasteiger partial charge in [0, 0.05) is 0 Å². The molecule has 1 aromatic rings. The number of aliphatic hydroxyl groups is 2. The molecule has 0 spiro atoms. The van der Waals surface area contributed by atoms with Gasteiger partial charge in [0.05, 0.1) is 32.2 Å². The molecule has 6 nitrogen and oxygen atoms in total. The Balaban J connectivity index is 0.000000370. The molecular formula is C13H23NO5S. The standard InChI is InChI=1S/C7H8O3S.C6H16NO2/c1-6-2-4-7(5-3-6)11(8,9)10;1-7(2,3-5-8)4-6-9/h2-5H,1H3,(H,8,9,10);8-9H,3-6H2,1-2H3/q;+1/p-1. The second kappa shape index (κ2) is 8.33. The van der Waals surface area contributed by atoms with Crippen molar-refractivity contribution < 1.29 is 27.7 Å². The molecule has 0 amide bonds. The summed E-state index contributed by atoms with van der Waals surface area (Å²) in [5, 5.41) is 17.1. The molecule has 0 aromatic heterocycles. The molecule has 1 rings (SSSR count). The van der Waals surface area contributed by atoms with Gasteiger partial charge in [-0.3, -0.25) is 0 Å². The molecule has 0 heterocycles. The summed E-state index contributed by atoms with van der Waals surface area (Å²) in [5.41, 5.74) is 0.928. The molecule has 0 aliphatic heterocycles. The molecule has 0 bridgehead atoms. The van der Waals surface area contributed by atoms with Crippen molar-refractivity contribution >= 4 is 10.1 Å². The molecule has 1 aromatic carbocycles. The molecule has 0 fully saturated rings. The van der Waals surface area contributed by atoms with Crippen LogP contribution < -0.4 is 0 Å². The number of likely N-dealkylation sites (N-methyl/N-ethyl adjacent to an activating group) is 1. The van der Waals surface area contributed by atoms with Crippen LogP contribution in [-0.4, -0.2) is 68.1 Å². The minimum Gasteiger partial charge on any atom is -0.744 e. The minimum absolute atomic E-state index is 0.178. The molecule has 2 N–H and O–H groups in total. The molecule has 0 atom stereocenters. The number of hydrogen-bond donors (Lipinski definition) is 2. The summed E-state index contributed by atoms with van der Waals surface area (Å²) in [6, 6.07) is 5.78. The number of benzene rings is 1. The highest BCUT2D eigenvalue weighted by molar-refractivity contribution is 7.85. The molecule has 0 aliphatic rings. The largest absolute Gasteiger partial charge is 0.744 e. The first-order valence-corrected chi connectivity index (χ1v) is 7.59. The van der Waals surface area contributed by atoms with E-state index in [1.54, 1.807) is 12.1 Å². The lowest BCUT2D eigenvalue weighted by molar-refractivity contribution is -0.890. The van der Waals surface area contributed by atoms with Crippen LogP contribution in [0.1, 0.15) is 5.56 Å². The highest BCUT2D eigenvalue weighted by Crippen LogP contribution is 2.08. The van der Waals surface area contributed by atoms with Crippen LogP contribution in [0.5, 0.6) is 0 Å². The van der Waals surface area contributed by atoms with Gasteiger partial charge in [-0.15, -0.1) is 0 Å². The van der Waals surface area contributed by atoms with Gasteiger partial charge in [0.1, 0.15) is 23.2 Å². The Bertz CT molecular complexity index is 474. The summed E-state index contributed by atoms with van der Waals surface area (Å²) in [7, 11) is -0.312. The Morgan fingerprint density at radius 3 is 1.75 bits per heavy atom. The fourth-order valence-electron chi connectivity index (χ4n) is 1.36. The lowest BCUT2D eigenvalue weighted by atomic mass is 10.2. The van der Waals surface area contributed by atoms with E-state index in [4.69, 9.17) is 10.2 Å². The van der Waals surface area contributed by atoms with Crippen LogP contribution in [0.25, 0.3) is 0 Å². The third kappa shape index (κ3) is 8.23. The summed E-state index contributed by atoms with van der Waals surface area (Å²) in [4.78, 5) is -0.178. The van der Waals surface area contributed by atoms with Crippen LogP contribution >= 0.6 is 0 Å². The molecule has 20 heavy (non-hydrogen) atoms. The van der Waals surface area contributed by atoms with Crippen molar-refractivity contribution in [1.29, 1.82) is 0 Å². The van der Waals surface area contributed by atoms with E-state index in [9.17, 15) is 13.0 Å². The molecule has 0 radical (unpaired) electrons. The first-order valence-electron chi connectivity index (χ1n) is 6.18. The fraction of sp³-hybridized carbons (Fsp3) is 0.538. The fourth-order valence-corrected chi connectivity index (χ4v) is 1.83. The molecule has 0 saturated carbocycles. The van der Waals surface area contributed by atoms with Crippen molar-refractivity contribution in [3.05, 3.63) is 29.8 Å². The normalized spacial score (nSPS) is 11.7. The molecule has 0 saturated heterocycles. The van der Waals surface area contributed by atoms with Crippen LogP contribution in [0.15, 0.2) is 29.2 Å². The van der Waals surface area contributed by atoms with E-state index in [1.807, 2.05) is 21.0 Å². The minimum atomic E-state index is -4.27. The average Bonchev–Trinajstić information content (AvgIpc) is 2.28. The topological polar surface area (TPSA) is 97.7 Å². The summed E-state index contributed by atoms with van der Waals surface area (Å²) in [5.74, 6) is 0. The first-order chi connectivity index (χ1) is 9.12. The third-order valence-corrected chi connectivity index (χ3v) is 3.57. The first kappa shape index (κ1) is 19.0. The molecule has 7 heteroatoms. The van der Waals surface area contributed by atoms with Crippen molar-refractivity contribution in [2.75, 3.05) is 40.4 Å². The maximum atomic E-state index is 10.4. The summed E-state index contributed by atoms with van der Waals surface area (Å²) in [6.45, 7) is 3.61. The van der Waals surface area contributed by atoms with Crippen molar-refractivity contribution in [3.8, 4) is 0 Å². The van der Waals surface area contributed by atoms with E-state index in [-0.39, 0.29) is 18.1 Å². The number of nitrogens with zero attached hydrogens (tertiary/aromatic N) is 1. The third-order valence-electron chi connectivity index (χ3n) is 2.72. The second-order valence-corrected chi connectivity index (χ2v) is 6.48. The predicted molar refractivity (Wildman–Crippen MR) is 75.2 cm³/mol. The van der Waals surface area contributed by atoms with Gasteiger partial charge in [0.2, 0.25) is 0 Å². The summed E-state index contributed by atoms with van der Waals surface area (Å²) < 4.78 is 31.9. The zero-order valence-corrected chi connectivity index (χ0v) is 12.9. The summed E-state index contributed by atoms with van der Waals surface area (Å²) in [6.07, 6.45) is 0. The van der Waals surface area contributed by atoms with Gasteiger partial charge >= 0.3 is 0 Å². The van der Waals surface area contributed by atoms with Crippen LogP contribution in [0.2, 0.25) is 0 Å².